The van der Waals surface area contributed by atoms with Crippen LogP contribution >= 0.6 is 44.5 Å². The van der Waals surface area contributed by atoms with Crippen LogP contribution in [0.2, 0.25) is 0 Å². The summed E-state index contributed by atoms with van der Waals surface area (Å²) in [6.45, 7) is 0. The Hall–Kier alpha value is 0.373. The Bertz CT molecular complexity index is 369. The van der Waals surface area contributed by atoms with Crippen molar-refractivity contribution in [1.29, 1.82) is 0 Å². The summed E-state index contributed by atoms with van der Waals surface area (Å²) in [4.78, 5) is 1.02. The van der Waals surface area contributed by atoms with E-state index in [4.69, 9.17) is 0 Å². The van der Waals surface area contributed by atoms with Crippen molar-refractivity contribution in [2.45, 2.75) is 4.90 Å². The molecule has 0 bridgehead atoms. The molecule has 0 saturated heterocycles. The summed E-state index contributed by atoms with van der Waals surface area (Å²) in [7, 11) is 0. The van der Waals surface area contributed by atoms with Gasteiger partial charge in [-0.05, 0) is 36.4 Å². The average Bonchev–Trinajstić information content (AvgIpc) is 2.25. The van der Waals surface area contributed by atoms with Gasteiger partial charge in [0.05, 0.1) is 0 Å². The molecule has 0 nitrogen and oxygen atoms in total. The summed E-state index contributed by atoms with van der Waals surface area (Å²) in [5, 5.41) is 0. The minimum Gasteiger partial charge on any atom is -0.143 e. The second-order valence-electron chi connectivity index (χ2n) is 2.77. The molecule has 0 aliphatic carbocycles. The zero-order valence-electron chi connectivity index (χ0n) is 8.61. The summed E-state index contributed by atoms with van der Waals surface area (Å²) in [6.07, 6.45) is 0. The SMILES string of the molecule is Brc1ccc(Br)cc1.Sc1ccccc1.[Zn]. The largest absolute Gasteiger partial charge is 0.143 e. The first-order chi connectivity index (χ1) is 7.18. The zero-order valence-corrected chi connectivity index (χ0v) is 15.6. The maximum atomic E-state index is 4.08. The molecule has 2 aromatic carbocycles. The number of rotatable bonds is 0. The molecule has 0 spiro atoms. The zero-order chi connectivity index (χ0) is 11.1. The van der Waals surface area contributed by atoms with Crippen LogP contribution in [-0.4, -0.2) is 0 Å². The molecular weight excluding hydrogens is 401 g/mol. The number of hydrogen-bond donors (Lipinski definition) is 1. The molecule has 4 heteroatoms. The quantitative estimate of drug-likeness (QED) is 0.448. The van der Waals surface area contributed by atoms with Crippen LogP contribution in [0.5, 0.6) is 0 Å². The van der Waals surface area contributed by atoms with E-state index >= 15 is 0 Å². The van der Waals surface area contributed by atoms with Gasteiger partial charge in [-0.25, -0.2) is 0 Å². The van der Waals surface area contributed by atoms with Gasteiger partial charge in [0.15, 0.2) is 0 Å². The van der Waals surface area contributed by atoms with Gasteiger partial charge in [-0.15, -0.1) is 12.6 Å². The van der Waals surface area contributed by atoms with Crippen LogP contribution in [0.4, 0.5) is 0 Å². The number of halogens is 2. The molecule has 16 heavy (non-hydrogen) atoms. The van der Waals surface area contributed by atoms with Crippen molar-refractivity contribution in [3.63, 3.8) is 0 Å². The van der Waals surface area contributed by atoms with Gasteiger partial charge in [0.1, 0.15) is 0 Å². The Morgan fingerprint density at radius 2 is 1.06 bits per heavy atom. The first-order valence-electron chi connectivity index (χ1n) is 4.33. The Morgan fingerprint density at radius 1 is 0.688 bits per heavy atom. The fraction of sp³-hybridized carbons (Fsp3) is 0. The topological polar surface area (TPSA) is 0 Å². The van der Waals surface area contributed by atoms with Gasteiger partial charge >= 0.3 is 0 Å². The summed E-state index contributed by atoms with van der Waals surface area (Å²) in [5.74, 6) is 0. The average molecular weight is 411 g/mol. The predicted molar refractivity (Wildman–Crippen MR) is 75.5 cm³/mol. The fourth-order valence-corrected chi connectivity index (χ4v) is 1.56. The van der Waals surface area contributed by atoms with E-state index in [0.717, 1.165) is 13.8 Å². The maximum absolute atomic E-state index is 4.08. The minimum atomic E-state index is 0. The van der Waals surface area contributed by atoms with Crippen molar-refractivity contribution in [2.24, 2.45) is 0 Å². The van der Waals surface area contributed by atoms with Gasteiger partial charge in [0.2, 0.25) is 0 Å². The summed E-state index contributed by atoms with van der Waals surface area (Å²) in [6, 6.07) is 17.7. The monoisotopic (exact) mass is 408 g/mol. The van der Waals surface area contributed by atoms with Gasteiger partial charge in [-0.1, -0.05) is 50.1 Å². The van der Waals surface area contributed by atoms with E-state index in [1.165, 1.54) is 0 Å². The third-order valence-corrected chi connectivity index (χ3v) is 2.92. The molecule has 0 N–H and O–H groups in total. The molecule has 0 fully saturated rings. The van der Waals surface area contributed by atoms with Crippen molar-refractivity contribution >= 4 is 44.5 Å². The minimum absolute atomic E-state index is 0. The first kappa shape index (κ1) is 16.4. The first-order valence-corrected chi connectivity index (χ1v) is 6.37. The Balaban J connectivity index is 0.000000267. The second-order valence-corrected chi connectivity index (χ2v) is 5.12. The van der Waals surface area contributed by atoms with Crippen molar-refractivity contribution in [2.75, 3.05) is 0 Å². The summed E-state index contributed by atoms with van der Waals surface area (Å²) < 4.78 is 2.22. The van der Waals surface area contributed by atoms with E-state index in [1.807, 2.05) is 54.6 Å². The number of benzene rings is 2. The molecule has 80 valence electrons. The second kappa shape index (κ2) is 9.41. The summed E-state index contributed by atoms with van der Waals surface area (Å²) in [5.41, 5.74) is 0. The molecule has 0 unspecified atom stereocenters. The van der Waals surface area contributed by atoms with Gasteiger partial charge in [0.25, 0.3) is 0 Å². The molecule has 0 aliphatic heterocycles. The van der Waals surface area contributed by atoms with Crippen molar-refractivity contribution < 1.29 is 19.5 Å². The maximum Gasteiger partial charge on any atom is 0.0176 e. The fourth-order valence-electron chi connectivity index (χ4n) is 0.858. The Labute approximate surface area is 131 Å². The van der Waals surface area contributed by atoms with Crippen LogP contribution in [0.1, 0.15) is 0 Å². The van der Waals surface area contributed by atoms with Crippen molar-refractivity contribution in [1.82, 2.24) is 0 Å². The van der Waals surface area contributed by atoms with Gasteiger partial charge < -0.3 is 0 Å². The van der Waals surface area contributed by atoms with Crippen LogP contribution in [0.3, 0.4) is 0 Å². The van der Waals surface area contributed by atoms with Crippen molar-refractivity contribution in [3.05, 3.63) is 63.5 Å². The predicted octanol–water partition coefficient (Wildman–Crippen LogP) is 5.18. The van der Waals surface area contributed by atoms with Gasteiger partial charge in [0, 0.05) is 33.3 Å². The van der Waals surface area contributed by atoms with Crippen LogP contribution in [-0.2, 0) is 19.5 Å². The molecule has 0 aliphatic rings. The van der Waals surface area contributed by atoms with E-state index in [9.17, 15) is 0 Å². The third kappa shape index (κ3) is 7.61. The van der Waals surface area contributed by atoms with E-state index < -0.39 is 0 Å². The third-order valence-electron chi connectivity index (χ3n) is 1.56. The molecular formula is C12H10Br2SZn. The van der Waals surface area contributed by atoms with E-state index in [0.29, 0.717) is 0 Å². The van der Waals surface area contributed by atoms with Crippen molar-refractivity contribution in [3.8, 4) is 0 Å². The van der Waals surface area contributed by atoms with Gasteiger partial charge in [-0.2, -0.15) is 0 Å². The molecule has 2 aromatic rings. The molecule has 2 rings (SSSR count). The molecule has 0 aromatic heterocycles. The van der Waals surface area contributed by atoms with Gasteiger partial charge in [-0.3, -0.25) is 0 Å². The number of thiol groups is 1. The molecule has 0 heterocycles. The Kier molecular flexibility index (Phi) is 9.63. The number of hydrogen-bond acceptors (Lipinski definition) is 1. The standard InChI is InChI=1S/C6H4Br2.C6H6S.Zn/c7-5-1-2-6(8)4-3-5;7-6-4-2-1-3-5-6;/h1-4H;1-5,7H;. The van der Waals surface area contributed by atoms with E-state index in [2.05, 4.69) is 44.5 Å². The molecule has 0 radical (unpaired) electrons. The molecule has 0 saturated carbocycles. The normalized spacial score (nSPS) is 8.44. The smallest absolute Gasteiger partial charge is 0.0176 e. The van der Waals surface area contributed by atoms with Crippen LogP contribution in [0.15, 0.2) is 68.4 Å². The molecule has 0 amide bonds. The van der Waals surface area contributed by atoms with E-state index in [1.54, 1.807) is 0 Å². The van der Waals surface area contributed by atoms with Crippen LogP contribution < -0.4 is 0 Å². The Morgan fingerprint density at radius 3 is 1.31 bits per heavy atom. The van der Waals surface area contributed by atoms with E-state index in [-0.39, 0.29) is 19.5 Å². The van der Waals surface area contributed by atoms with Crippen LogP contribution in [0.25, 0.3) is 0 Å². The van der Waals surface area contributed by atoms with Crippen LogP contribution in [0, 0.1) is 0 Å². The summed E-state index contributed by atoms with van der Waals surface area (Å²) >= 11 is 10.7. The molecule has 0 atom stereocenters.